The third-order valence-corrected chi connectivity index (χ3v) is 2.87. The van der Waals surface area contributed by atoms with Crippen molar-refractivity contribution in [3.63, 3.8) is 0 Å². The molecule has 0 aliphatic carbocycles. The molecule has 2 aromatic carbocycles. The molecule has 4 nitrogen and oxygen atoms in total. The number of carbonyl (C=O) groups is 2. The van der Waals surface area contributed by atoms with E-state index in [-0.39, 0.29) is 16.3 Å². The summed E-state index contributed by atoms with van der Waals surface area (Å²) in [5, 5.41) is 11.1. The highest BCUT2D eigenvalue weighted by Crippen LogP contribution is 2.18. The molecule has 0 fully saturated rings. The highest BCUT2D eigenvalue weighted by molar-refractivity contribution is 6.30. The first-order valence-electron chi connectivity index (χ1n) is 5.67. The summed E-state index contributed by atoms with van der Waals surface area (Å²) in [5.41, 5.74) is -0.773. The number of carboxylic acid groups (broad SMARTS) is 1. The molecule has 0 saturated heterocycles. The van der Waals surface area contributed by atoms with E-state index in [0.717, 1.165) is 18.2 Å². The lowest BCUT2D eigenvalue weighted by Gasteiger charge is -2.07. The second-order valence-electron chi connectivity index (χ2n) is 4.08. The van der Waals surface area contributed by atoms with Crippen LogP contribution in [0.15, 0.2) is 36.4 Å². The first-order chi connectivity index (χ1) is 9.88. The van der Waals surface area contributed by atoms with Crippen molar-refractivity contribution in [1.82, 2.24) is 0 Å². The maximum Gasteiger partial charge on any atom is 0.338 e. The van der Waals surface area contributed by atoms with Gasteiger partial charge >= 0.3 is 5.97 Å². The van der Waals surface area contributed by atoms with Gasteiger partial charge in [0.05, 0.1) is 11.1 Å². The van der Waals surface area contributed by atoms with Crippen molar-refractivity contribution in [1.29, 1.82) is 0 Å². The molecule has 0 bridgehead atoms. The number of carbonyl (C=O) groups excluding carboxylic acids is 1. The van der Waals surface area contributed by atoms with Crippen LogP contribution in [0.25, 0.3) is 0 Å². The molecular weight excluding hydrogens is 304 g/mol. The van der Waals surface area contributed by atoms with Crippen molar-refractivity contribution < 1.29 is 23.5 Å². The third kappa shape index (κ3) is 3.35. The van der Waals surface area contributed by atoms with Crippen molar-refractivity contribution in [2.45, 2.75) is 0 Å². The molecule has 2 N–H and O–H groups in total. The maximum atomic E-state index is 13.6. The Labute approximate surface area is 123 Å². The van der Waals surface area contributed by atoms with Crippen molar-refractivity contribution in [2.75, 3.05) is 5.32 Å². The molecule has 0 unspecified atom stereocenters. The van der Waals surface area contributed by atoms with Gasteiger partial charge in [-0.25, -0.2) is 13.6 Å². The number of aromatic carboxylic acids is 1. The van der Waals surface area contributed by atoms with Crippen molar-refractivity contribution in [2.24, 2.45) is 0 Å². The molecule has 7 heteroatoms. The molecule has 0 heterocycles. The Kier molecular flexibility index (Phi) is 4.18. The third-order valence-electron chi connectivity index (χ3n) is 2.63. The first-order valence-corrected chi connectivity index (χ1v) is 6.05. The summed E-state index contributed by atoms with van der Waals surface area (Å²) < 4.78 is 27.0. The van der Waals surface area contributed by atoms with Gasteiger partial charge in [-0.3, -0.25) is 4.79 Å². The van der Waals surface area contributed by atoms with E-state index in [1.165, 1.54) is 18.2 Å². The number of nitrogens with one attached hydrogen (secondary N) is 1. The van der Waals surface area contributed by atoms with Crippen LogP contribution in [0.5, 0.6) is 0 Å². The van der Waals surface area contributed by atoms with Crippen molar-refractivity contribution in [3.8, 4) is 0 Å². The lowest BCUT2D eigenvalue weighted by molar-refractivity contribution is 0.0692. The molecule has 0 saturated carbocycles. The Morgan fingerprint density at radius 1 is 1.00 bits per heavy atom. The van der Waals surface area contributed by atoms with Gasteiger partial charge in [0.2, 0.25) is 0 Å². The topological polar surface area (TPSA) is 66.4 Å². The van der Waals surface area contributed by atoms with Crippen LogP contribution in [-0.2, 0) is 0 Å². The molecule has 2 rings (SSSR count). The fraction of sp³-hybridized carbons (Fsp3) is 0. The minimum Gasteiger partial charge on any atom is -0.478 e. The van der Waals surface area contributed by atoms with E-state index in [1.807, 2.05) is 0 Å². The molecule has 1 amide bonds. The Balaban J connectivity index is 2.23. The lowest BCUT2D eigenvalue weighted by Crippen LogP contribution is -2.14. The molecule has 21 heavy (non-hydrogen) atoms. The Bertz CT molecular complexity index is 734. The van der Waals surface area contributed by atoms with E-state index in [9.17, 15) is 18.4 Å². The Morgan fingerprint density at radius 2 is 1.62 bits per heavy atom. The Morgan fingerprint density at radius 3 is 2.19 bits per heavy atom. The maximum absolute atomic E-state index is 13.6. The van der Waals surface area contributed by atoms with E-state index in [2.05, 4.69) is 5.32 Å². The highest BCUT2D eigenvalue weighted by Gasteiger charge is 2.15. The number of carboxylic acids is 1. The average molecular weight is 312 g/mol. The second kappa shape index (κ2) is 5.88. The van der Waals surface area contributed by atoms with E-state index < -0.39 is 29.1 Å². The zero-order valence-electron chi connectivity index (χ0n) is 10.4. The van der Waals surface area contributed by atoms with Gasteiger partial charge in [0.1, 0.15) is 11.6 Å². The summed E-state index contributed by atoms with van der Waals surface area (Å²) in [4.78, 5) is 22.5. The highest BCUT2D eigenvalue weighted by atomic mass is 35.5. The first kappa shape index (κ1) is 14.9. The molecule has 0 atom stereocenters. The quantitative estimate of drug-likeness (QED) is 0.910. The van der Waals surface area contributed by atoms with Gasteiger partial charge in [-0.15, -0.1) is 0 Å². The number of rotatable bonds is 3. The van der Waals surface area contributed by atoms with Crippen LogP contribution < -0.4 is 5.32 Å². The number of anilines is 1. The van der Waals surface area contributed by atoms with E-state index in [1.54, 1.807) is 0 Å². The minimum absolute atomic E-state index is 0.0110. The zero-order chi connectivity index (χ0) is 15.6. The molecule has 2 aromatic rings. The molecule has 0 spiro atoms. The van der Waals surface area contributed by atoms with Gasteiger partial charge < -0.3 is 10.4 Å². The molecular formula is C14H8ClF2NO3. The van der Waals surface area contributed by atoms with E-state index >= 15 is 0 Å². The molecule has 0 aliphatic heterocycles. The number of amides is 1. The summed E-state index contributed by atoms with van der Waals surface area (Å²) in [6, 6.07) is 6.56. The van der Waals surface area contributed by atoms with Gasteiger partial charge in [0, 0.05) is 10.7 Å². The standard InChI is InChI=1S/C14H8ClF2NO3/c15-7-1-3-9(11(16)5-7)13(19)18-8-2-4-10(14(20)21)12(17)6-8/h1-6H,(H,18,19)(H,20,21). The zero-order valence-corrected chi connectivity index (χ0v) is 11.1. The van der Waals surface area contributed by atoms with Crippen molar-refractivity contribution >= 4 is 29.2 Å². The predicted octanol–water partition coefficient (Wildman–Crippen LogP) is 3.57. The number of hydrogen-bond donors (Lipinski definition) is 2. The number of benzene rings is 2. The van der Waals surface area contributed by atoms with Crippen LogP contribution >= 0.6 is 11.6 Å². The Hall–Kier alpha value is -2.47. The molecule has 0 radical (unpaired) electrons. The minimum atomic E-state index is -1.42. The summed E-state index contributed by atoms with van der Waals surface area (Å²) in [6.45, 7) is 0. The van der Waals surface area contributed by atoms with Crippen LogP contribution in [0.2, 0.25) is 5.02 Å². The van der Waals surface area contributed by atoms with Gasteiger partial charge in [-0.2, -0.15) is 0 Å². The summed E-state index contributed by atoms with van der Waals surface area (Å²) in [5.74, 6) is -4.04. The summed E-state index contributed by atoms with van der Waals surface area (Å²) in [6.07, 6.45) is 0. The monoisotopic (exact) mass is 311 g/mol. The predicted molar refractivity (Wildman–Crippen MR) is 72.7 cm³/mol. The fourth-order valence-corrected chi connectivity index (χ4v) is 1.80. The second-order valence-corrected chi connectivity index (χ2v) is 4.51. The van der Waals surface area contributed by atoms with Crippen LogP contribution in [0.3, 0.4) is 0 Å². The van der Waals surface area contributed by atoms with Gasteiger partial charge in [-0.1, -0.05) is 11.6 Å². The number of halogens is 3. The smallest absolute Gasteiger partial charge is 0.338 e. The van der Waals surface area contributed by atoms with Gasteiger partial charge in [-0.05, 0) is 36.4 Å². The molecule has 0 aliphatic rings. The average Bonchev–Trinajstić information content (AvgIpc) is 2.37. The summed E-state index contributed by atoms with van der Waals surface area (Å²) >= 11 is 5.57. The lowest BCUT2D eigenvalue weighted by atomic mass is 10.1. The van der Waals surface area contributed by atoms with Gasteiger partial charge in [0.15, 0.2) is 0 Å². The van der Waals surface area contributed by atoms with Crippen molar-refractivity contribution in [3.05, 3.63) is 64.2 Å². The van der Waals surface area contributed by atoms with Crippen LogP contribution in [0.4, 0.5) is 14.5 Å². The fourth-order valence-electron chi connectivity index (χ4n) is 1.64. The summed E-state index contributed by atoms with van der Waals surface area (Å²) in [7, 11) is 0. The SMILES string of the molecule is O=C(O)c1ccc(NC(=O)c2ccc(Cl)cc2F)cc1F. The van der Waals surface area contributed by atoms with Crippen LogP contribution in [-0.4, -0.2) is 17.0 Å². The van der Waals surface area contributed by atoms with E-state index in [0.29, 0.717) is 0 Å². The molecule has 108 valence electrons. The number of hydrogen-bond acceptors (Lipinski definition) is 2. The van der Waals surface area contributed by atoms with Crippen LogP contribution in [0, 0.1) is 11.6 Å². The normalized spacial score (nSPS) is 10.2. The molecule has 0 aromatic heterocycles. The van der Waals surface area contributed by atoms with E-state index in [4.69, 9.17) is 16.7 Å². The van der Waals surface area contributed by atoms with Crippen LogP contribution in [0.1, 0.15) is 20.7 Å². The largest absolute Gasteiger partial charge is 0.478 e. The van der Waals surface area contributed by atoms with Gasteiger partial charge in [0.25, 0.3) is 5.91 Å².